The first-order valence-corrected chi connectivity index (χ1v) is 5.42. The number of rotatable bonds is 1. The monoisotopic (exact) mass is 205 g/mol. The minimum absolute atomic E-state index is 0.463. The molecule has 1 aromatic carbocycles. The maximum absolute atomic E-state index is 5.39. The number of anilines is 1. The third kappa shape index (κ3) is 1.44. The molecule has 14 heavy (non-hydrogen) atoms. The number of fused-ring (bicyclic) bond motifs is 1. The quantitative estimate of drug-likeness (QED) is 0.648. The van der Waals surface area contributed by atoms with Crippen molar-refractivity contribution in [1.29, 1.82) is 0 Å². The molecule has 0 bridgehead atoms. The molecule has 1 nitrogen and oxygen atoms in total. The van der Waals surface area contributed by atoms with Crippen LogP contribution in [0.5, 0.6) is 0 Å². The van der Waals surface area contributed by atoms with Crippen molar-refractivity contribution in [1.82, 2.24) is 0 Å². The average Bonchev–Trinajstić information content (AvgIpc) is 2.40. The van der Waals surface area contributed by atoms with Crippen molar-refractivity contribution >= 4 is 22.9 Å². The van der Waals surface area contributed by atoms with Crippen LogP contribution in [0.1, 0.15) is 25.0 Å². The zero-order valence-electron chi connectivity index (χ0n) is 8.87. The van der Waals surface area contributed by atoms with E-state index in [4.69, 9.17) is 12.2 Å². The van der Waals surface area contributed by atoms with Gasteiger partial charge in [0.2, 0.25) is 0 Å². The molecular weight excluding hydrogens is 190 g/mol. The van der Waals surface area contributed by atoms with Crippen molar-refractivity contribution in [2.45, 2.75) is 33.2 Å². The van der Waals surface area contributed by atoms with Gasteiger partial charge in [-0.1, -0.05) is 24.4 Å². The van der Waals surface area contributed by atoms with E-state index in [2.05, 4.69) is 43.9 Å². The molecule has 0 N–H and O–H groups in total. The summed E-state index contributed by atoms with van der Waals surface area (Å²) in [5, 5.41) is 0. The Morgan fingerprint density at radius 3 is 2.71 bits per heavy atom. The maximum atomic E-state index is 5.39. The molecule has 1 aliphatic heterocycles. The van der Waals surface area contributed by atoms with Crippen LogP contribution in [-0.4, -0.2) is 11.0 Å². The van der Waals surface area contributed by atoms with Crippen molar-refractivity contribution in [2.75, 3.05) is 4.90 Å². The van der Waals surface area contributed by atoms with Gasteiger partial charge in [-0.15, -0.1) is 0 Å². The molecule has 0 atom stereocenters. The van der Waals surface area contributed by atoms with E-state index in [0.717, 1.165) is 11.4 Å². The van der Waals surface area contributed by atoms with E-state index in [0.29, 0.717) is 6.04 Å². The first-order valence-electron chi connectivity index (χ1n) is 5.01. The zero-order chi connectivity index (χ0) is 10.3. The van der Waals surface area contributed by atoms with Crippen molar-refractivity contribution in [3.63, 3.8) is 0 Å². The van der Waals surface area contributed by atoms with Gasteiger partial charge >= 0.3 is 0 Å². The minimum Gasteiger partial charge on any atom is -0.333 e. The molecule has 0 aliphatic carbocycles. The van der Waals surface area contributed by atoms with Crippen LogP contribution in [0.2, 0.25) is 0 Å². The number of hydrogen-bond acceptors (Lipinski definition) is 1. The highest BCUT2D eigenvalue weighted by atomic mass is 32.1. The molecule has 1 heterocycles. The molecule has 1 aliphatic rings. The predicted octanol–water partition coefficient (Wildman–Crippen LogP) is 3.09. The molecule has 0 unspecified atom stereocenters. The second kappa shape index (κ2) is 3.35. The normalized spacial score (nSPS) is 15.1. The maximum Gasteiger partial charge on any atom is 0.0871 e. The highest BCUT2D eigenvalue weighted by Gasteiger charge is 2.25. The van der Waals surface area contributed by atoms with Gasteiger partial charge < -0.3 is 4.90 Å². The van der Waals surface area contributed by atoms with E-state index in [-0.39, 0.29) is 0 Å². The summed E-state index contributed by atoms with van der Waals surface area (Å²) in [7, 11) is 0. The van der Waals surface area contributed by atoms with E-state index < -0.39 is 0 Å². The van der Waals surface area contributed by atoms with Crippen molar-refractivity contribution in [3.8, 4) is 0 Å². The third-order valence-corrected chi connectivity index (χ3v) is 2.97. The van der Waals surface area contributed by atoms with Gasteiger partial charge in [0.15, 0.2) is 0 Å². The number of benzene rings is 1. The topological polar surface area (TPSA) is 3.24 Å². The van der Waals surface area contributed by atoms with E-state index in [1.165, 1.54) is 16.8 Å². The lowest BCUT2D eigenvalue weighted by Gasteiger charge is -2.24. The van der Waals surface area contributed by atoms with Crippen LogP contribution < -0.4 is 4.90 Å². The van der Waals surface area contributed by atoms with Crippen LogP contribution >= 0.6 is 12.2 Å². The summed E-state index contributed by atoms with van der Waals surface area (Å²) in [5.41, 5.74) is 3.98. The first-order chi connectivity index (χ1) is 6.59. The lowest BCUT2D eigenvalue weighted by molar-refractivity contribution is 0.817. The molecule has 74 valence electrons. The Bertz CT molecular complexity index is 382. The Kier molecular flexibility index (Phi) is 2.31. The summed E-state index contributed by atoms with van der Waals surface area (Å²) < 4.78 is 0. The summed E-state index contributed by atoms with van der Waals surface area (Å²) in [6.45, 7) is 6.49. The second-order valence-electron chi connectivity index (χ2n) is 4.17. The van der Waals surface area contributed by atoms with Gasteiger partial charge in [0.25, 0.3) is 0 Å². The van der Waals surface area contributed by atoms with E-state index in [9.17, 15) is 0 Å². The Balaban J connectivity index is 2.50. The largest absolute Gasteiger partial charge is 0.333 e. The van der Waals surface area contributed by atoms with E-state index in [1.807, 2.05) is 0 Å². The first kappa shape index (κ1) is 9.66. The predicted molar refractivity (Wildman–Crippen MR) is 65.1 cm³/mol. The van der Waals surface area contributed by atoms with Crippen LogP contribution in [0.4, 0.5) is 5.69 Å². The smallest absolute Gasteiger partial charge is 0.0871 e. The van der Waals surface area contributed by atoms with Gasteiger partial charge in [0, 0.05) is 18.2 Å². The molecule has 0 saturated heterocycles. The SMILES string of the molecule is Cc1ccc2c(c1)N(C(C)C)C(=S)C2. The van der Waals surface area contributed by atoms with Gasteiger partial charge in [-0.2, -0.15) is 0 Å². The van der Waals surface area contributed by atoms with Gasteiger partial charge in [-0.25, -0.2) is 0 Å². The summed E-state index contributed by atoms with van der Waals surface area (Å²) >= 11 is 5.39. The molecule has 0 radical (unpaired) electrons. The van der Waals surface area contributed by atoms with Crippen LogP contribution in [0, 0.1) is 6.92 Å². The number of hydrogen-bond donors (Lipinski definition) is 0. The van der Waals surface area contributed by atoms with Gasteiger partial charge in [0.1, 0.15) is 0 Å². The fourth-order valence-electron chi connectivity index (χ4n) is 2.00. The van der Waals surface area contributed by atoms with Gasteiger partial charge in [0.05, 0.1) is 4.99 Å². The number of thiocarbonyl (C=S) groups is 1. The molecule has 1 aromatic rings. The molecule has 0 amide bonds. The molecule has 2 rings (SSSR count). The van der Waals surface area contributed by atoms with Crippen LogP contribution in [-0.2, 0) is 6.42 Å². The molecular formula is C12H15NS. The molecule has 0 spiro atoms. The van der Waals surface area contributed by atoms with E-state index in [1.54, 1.807) is 0 Å². The van der Waals surface area contributed by atoms with Gasteiger partial charge in [-0.05, 0) is 38.0 Å². The molecule has 0 aromatic heterocycles. The average molecular weight is 205 g/mol. The molecule has 0 fully saturated rings. The van der Waals surface area contributed by atoms with E-state index >= 15 is 0 Å². The van der Waals surface area contributed by atoms with Crippen LogP contribution in [0.3, 0.4) is 0 Å². The Morgan fingerprint density at radius 2 is 2.07 bits per heavy atom. The minimum atomic E-state index is 0.463. The summed E-state index contributed by atoms with van der Waals surface area (Å²) in [6, 6.07) is 7.05. The lowest BCUT2D eigenvalue weighted by Crippen LogP contribution is -2.32. The molecule has 2 heteroatoms. The summed E-state index contributed by atoms with van der Waals surface area (Å²) in [6.07, 6.45) is 0.934. The number of nitrogens with zero attached hydrogens (tertiary/aromatic N) is 1. The number of aryl methyl sites for hydroxylation is 1. The van der Waals surface area contributed by atoms with Gasteiger partial charge in [-0.3, -0.25) is 0 Å². The van der Waals surface area contributed by atoms with Crippen molar-refractivity contribution in [3.05, 3.63) is 29.3 Å². The Morgan fingerprint density at radius 1 is 1.36 bits per heavy atom. The van der Waals surface area contributed by atoms with Crippen molar-refractivity contribution in [2.24, 2.45) is 0 Å². The second-order valence-corrected chi connectivity index (χ2v) is 4.64. The Labute approximate surface area is 90.7 Å². The standard InChI is InChI=1S/C12H15NS/c1-8(2)13-11-6-9(3)4-5-10(11)7-12(13)14/h4-6,8H,7H2,1-3H3. The van der Waals surface area contributed by atoms with Crippen LogP contribution in [0.25, 0.3) is 0 Å². The zero-order valence-corrected chi connectivity index (χ0v) is 9.69. The lowest BCUT2D eigenvalue weighted by atomic mass is 10.1. The summed E-state index contributed by atoms with van der Waals surface area (Å²) in [4.78, 5) is 3.32. The third-order valence-electron chi connectivity index (χ3n) is 2.63. The highest BCUT2D eigenvalue weighted by molar-refractivity contribution is 7.80. The highest BCUT2D eigenvalue weighted by Crippen LogP contribution is 2.31. The fourth-order valence-corrected chi connectivity index (χ4v) is 2.46. The summed E-state index contributed by atoms with van der Waals surface area (Å²) in [5.74, 6) is 0. The Hall–Kier alpha value is -0.890. The fraction of sp³-hybridized carbons (Fsp3) is 0.417. The van der Waals surface area contributed by atoms with Crippen LogP contribution in [0.15, 0.2) is 18.2 Å². The van der Waals surface area contributed by atoms with Crippen molar-refractivity contribution < 1.29 is 0 Å². The molecule has 0 saturated carbocycles.